The molecule has 0 aliphatic rings. The van der Waals surface area contributed by atoms with E-state index in [0.717, 1.165) is 0 Å². The van der Waals surface area contributed by atoms with Crippen LogP contribution in [0.5, 0.6) is 0 Å². The summed E-state index contributed by atoms with van der Waals surface area (Å²) in [5.74, 6) is 0. The summed E-state index contributed by atoms with van der Waals surface area (Å²) in [6, 6.07) is 8.58. The molecule has 1 rings (SSSR count). The minimum absolute atomic E-state index is 0.516. The minimum atomic E-state index is -2.46. The van der Waals surface area contributed by atoms with Crippen molar-refractivity contribution in [3.8, 4) is 0 Å². The van der Waals surface area contributed by atoms with Crippen molar-refractivity contribution in [1.29, 1.82) is 0 Å². The molecular weight excluding hydrogens is 325 g/mol. The number of benzene rings is 1. The first-order valence-electron chi connectivity index (χ1n) is 3.66. The Morgan fingerprint density at radius 2 is 1.33 bits per heavy atom. The molecule has 9 heteroatoms. The van der Waals surface area contributed by atoms with Crippen molar-refractivity contribution in [3.63, 3.8) is 0 Å². The summed E-state index contributed by atoms with van der Waals surface area (Å²) in [4.78, 5) is 8.57. The summed E-state index contributed by atoms with van der Waals surface area (Å²) in [5, 5.41) is 0.516. The van der Waals surface area contributed by atoms with E-state index >= 15 is 0 Å². The second kappa shape index (κ2) is 16.1. The zero-order chi connectivity index (χ0) is 12.1. The first-order chi connectivity index (χ1) is 7.13. The Kier molecular flexibility index (Phi) is 20.9. The van der Waals surface area contributed by atoms with Crippen LogP contribution >= 0.6 is 44.3 Å². The van der Waals surface area contributed by atoms with E-state index in [-0.39, 0.29) is 0 Å². The van der Waals surface area contributed by atoms with Gasteiger partial charge >= 0.3 is 36.3 Å². The quantitative estimate of drug-likeness (QED) is 0.634. The van der Waals surface area contributed by atoms with Crippen molar-refractivity contribution in [2.75, 3.05) is 0 Å². The summed E-state index contributed by atoms with van der Waals surface area (Å²) in [7, 11) is 17.1. The average molecular weight is 333 g/mol. The van der Waals surface area contributed by atoms with Crippen LogP contribution in [0, 0.1) is 0 Å². The molecule has 0 heterocycles. The predicted octanol–water partition coefficient (Wildman–Crippen LogP) is 2.78. The molecular formula is C6H7Cl4Mg2O2P. The normalized spacial score (nSPS) is 9.13. The van der Waals surface area contributed by atoms with Gasteiger partial charge in [-0.25, -0.2) is 0 Å². The average Bonchev–Trinajstić information content (AvgIpc) is 2.21. The fourth-order valence-corrected chi connectivity index (χ4v) is 1.06. The topological polar surface area (TPSA) is 37.3 Å². The molecule has 0 spiro atoms. The van der Waals surface area contributed by atoms with Crippen LogP contribution in [0.4, 0.5) is 0 Å². The molecule has 1 unspecified atom stereocenters. The Labute approximate surface area is 124 Å². The van der Waals surface area contributed by atoms with Crippen LogP contribution in [-0.2, 0) is 4.57 Å². The Balaban J connectivity index is 0. The van der Waals surface area contributed by atoms with Crippen molar-refractivity contribution in [1.82, 2.24) is 0 Å². The molecule has 2 nitrogen and oxygen atoms in total. The Bertz CT molecular complexity index is 250. The van der Waals surface area contributed by atoms with Crippen LogP contribution in [0.2, 0.25) is 0 Å². The van der Waals surface area contributed by atoms with E-state index in [2.05, 4.69) is 0 Å². The largest absolute Gasteiger partial charge is 0.618 e. The molecule has 0 amide bonds. The number of rotatable bonds is 1. The van der Waals surface area contributed by atoms with Gasteiger partial charge in [-0.1, -0.05) is 18.2 Å². The van der Waals surface area contributed by atoms with Gasteiger partial charge in [0.2, 0.25) is 8.03 Å². The maximum atomic E-state index is 10.4. The molecule has 0 aliphatic carbocycles. The van der Waals surface area contributed by atoms with E-state index in [9.17, 15) is 4.57 Å². The van der Waals surface area contributed by atoms with Gasteiger partial charge in [-0.2, -0.15) is 0 Å². The van der Waals surface area contributed by atoms with Crippen LogP contribution in [0.15, 0.2) is 30.3 Å². The first kappa shape index (κ1) is 19.4. The van der Waals surface area contributed by atoms with E-state index in [0.29, 0.717) is 5.30 Å². The van der Waals surface area contributed by atoms with Gasteiger partial charge < -0.3 is 41.2 Å². The predicted molar refractivity (Wildman–Crippen MR) is 72.2 cm³/mol. The molecule has 0 aromatic heterocycles. The maximum Gasteiger partial charge on any atom is 0.618 e. The number of hydrogen-bond acceptors (Lipinski definition) is 1. The summed E-state index contributed by atoms with van der Waals surface area (Å²) >= 11 is -1.28. The lowest BCUT2D eigenvalue weighted by Crippen LogP contribution is -1.91. The van der Waals surface area contributed by atoms with Crippen LogP contribution in [0.1, 0.15) is 0 Å². The van der Waals surface area contributed by atoms with Crippen LogP contribution in [0.3, 0.4) is 0 Å². The molecule has 0 radical (unpaired) electrons. The van der Waals surface area contributed by atoms with Gasteiger partial charge in [0.05, 0.1) is 0 Å². The molecule has 15 heavy (non-hydrogen) atoms. The van der Waals surface area contributed by atoms with Gasteiger partial charge in [0.25, 0.3) is 0 Å². The second-order valence-corrected chi connectivity index (χ2v) is 8.31. The number of halogens is 4. The Morgan fingerprint density at radius 1 is 1.00 bits per heavy atom. The molecule has 0 saturated heterocycles. The zero-order valence-corrected chi connectivity index (χ0v) is 14.5. The highest BCUT2D eigenvalue weighted by Gasteiger charge is 1.92. The Morgan fingerprint density at radius 3 is 1.53 bits per heavy atom. The van der Waals surface area contributed by atoms with Gasteiger partial charge in [0.15, 0.2) is 0 Å². The molecule has 0 fully saturated rings. The van der Waals surface area contributed by atoms with E-state index in [4.69, 9.17) is 41.2 Å². The highest BCUT2D eigenvalue weighted by Crippen LogP contribution is 2.10. The first-order valence-corrected chi connectivity index (χ1v) is 13.6. The van der Waals surface area contributed by atoms with Gasteiger partial charge in [-0.3, -0.25) is 4.57 Å². The fourth-order valence-electron chi connectivity index (χ4n) is 0.581. The molecule has 1 aromatic rings. The molecule has 0 bridgehead atoms. The second-order valence-electron chi connectivity index (χ2n) is 1.87. The van der Waals surface area contributed by atoms with E-state index < -0.39 is 44.4 Å². The van der Waals surface area contributed by atoms with Crippen LogP contribution in [0.25, 0.3) is 0 Å². The summed E-state index contributed by atoms with van der Waals surface area (Å²) in [5.41, 5.74) is 0. The molecule has 1 aromatic carbocycles. The van der Waals surface area contributed by atoms with E-state index in [1.807, 2.05) is 6.07 Å². The third-order valence-corrected chi connectivity index (χ3v) is 1.85. The van der Waals surface area contributed by atoms with Crippen LogP contribution in [-0.4, -0.2) is 41.2 Å². The lowest BCUT2D eigenvalue weighted by atomic mass is 10.4. The highest BCUT2D eigenvalue weighted by atomic mass is 35.6. The zero-order valence-electron chi connectivity index (χ0n) is 7.67. The van der Waals surface area contributed by atoms with E-state index in [1.54, 1.807) is 24.3 Å². The molecule has 80 valence electrons. The third kappa shape index (κ3) is 16.1. The van der Waals surface area contributed by atoms with Crippen molar-refractivity contribution >= 4 is 85.9 Å². The number of hydrogen-bond donors (Lipinski definition) is 1. The SMILES string of the molecule is O=[PH](O)c1ccccc1.[Cl][Mg][Cl].[Cl][Mg][Cl]. The van der Waals surface area contributed by atoms with Crippen molar-refractivity contribution < 1.29 is 9.46 Å². The van der Waals surface area contributed by atoms with Crippen LogP contribution < -0.4 is 5.30 Å². The van der Waals surface area contributed by atoms with Crippen molar-refractivity contribution in [2.24, 2.45) is 0 Å². The molecule has 1 atom stereocenters. The maximum absolute atomic E-state index is 10.4. The van der Waals surface area contributed by atoms with Gasteiger partial charge in [0, 0.05) is 5.30 Å². The molecule has 1 N–H and O–H groups in total. The smallest absolute Gasteiger partial charge is 0.343 e. The third-order valence-electron chi connectivity index (χ3n) is 1.02. The fraction of sp³-hybridized carbons (Fsp3) is 0. The molecule has 0 aliphatic heterocycles. The van der Waals surface area contributed by atoms with Crippen molar-refractivity contribution in [2.45, 2.75) is 0 Å². The summed E-state index contributed by atoms with van der Waals surface area (Å²) < 4.78 is 10.4. The molecule has 0 saturated carbocycles. The van der Waals surface area contributed by atoms with Crippen molar-refractivity contribution in [3.05, 3.63) is 30.3 Å². The Hall–Kier alpha value is 2.10. The van der Waals surface area contributed by atoms with E-state index in [1.165, 1.54) is 0 Å². The summed E-state index contributed by atoms with van der Waals surface area (Å²) in [6.07, 6.45) is 0. The lowest BCUT2D eigenvalue weighted by molar-refractivity contribution is 0.513. The highest BCUT2D eigenvalue weighted by molar-refractivity contribution is 7.47. The van der Waals surface area contributed by atoms with Gasteiger partial charge in [0.1, 0.15) is 0 Å². The monoisotopic (exact) mass is 330 g/mol. The standard InChI is InChI=1S/C6H7O2P.4ClH.2Mg/c7-9(8)6-4-2-1-3-5-6;;;;;;/h1-5,9H,(H,7,8);4*1H;;/q;;;;;2*+2/p-4. The van der Waals surface area contributed by atoms with Gasteiger partial charge in [-0.05, 0) is 12.1 Å². The lowest BCUT2D eigenvalue weighted by Gasteiger charge is -1.90. The minimum Gasteiger partial charge on any atom is -0.343 e. The summed E-state index contributed by atoms with van der Waals surface area (Å²) in [6.45, 7) is 0. The van der Waals surface area contributed by atoms with Gasteiger partial charge in [-0.15, -0.1) is 0 Å².